The van der Waals surface area contributed by atoms with Crippen molar-refractivity contribution < 1.29 is 47.9 Å². The molecule has 25 heteroatoms. The van der Waals surface area contributed by atoms with Crippen molar-refractivity contribution in [3.05, 3.63) is 71.9 Å². The Bertz CT molecular complexity index is 2460. The Balaban J connectivity index is 1.76. The first-order valence-electron chi connectivity index (χ1n) is 24.7. The van der Waals surface area contributed by atoms with Crippen molar-refractivity contribution >= 4 is 76.1 Å². The van der Waals surface area contributed by atoms with Gasteiger partial charge in [0, 0.05) is 62.9 Å². The largest absolute Gasteiger partial charge is 0.370 e. The molecule has 2 heterocycles. The Kier molecular flexibility index (Phi) is 23.6. The minimum atomic E-state index is -1.46. The number of aromatic nitrogens is 1. The number of aliphatic imine (C=N–C) groups is 1. The fourth-order valence-electron chi connectivity index (χ4n) is 8.17. The molecule has 0 bridgehead atoms. The summed E-state index contributed by atoms with van der Waals surface area (Å²) in [6, 6.07) is 5.62. The van der Waals surface area contributed by atoms with E-state index in [-0.39, 0.29) is 89.8 Å². The SMILES string of the molecule is CCCC[C@H](NC(C)=O)C(=O)N[C@H]1CCC(=O)NCCC(C(=O)N[C@@H](Cc2c[nH]c3ccccc23)C(N)=O)NC(=O)[C@H](CCCN=C(N)N)NC(=O)[C@@H](Cc2ccccc2)NC(=O)[C@H](CCCNC(N)=O)NC1=O. The highest BCUT2D eigenvalue weighted by Crippen LogP contribution is 2.19. The highest BCUT2D eigenvalue weighted by molar-refractivity contribution is 5.98. The molecule has 1 aliphatic heterocycles. The van der Waals surface area contributed by atoms with Gasteiger partial charge in [0.05, 0.1) is 0 Å². The quantitative estimate of drug-likeness (QED) is 0.0309. The molecule has 0 aliphatic carbocycles. The van der Waals surface area contributed by atoms with Crippen LogP contribution in [0.2, 0.25) is 0 Å². The summed E-state index contributed by atoms with van der Waals surface area (Å²) in [6.45, 7) is 2.91. The van der Waals surface area contributed by atoms with Gasteiger partial charge in [0.15, 0.2) is 5.96 Å². The van der Waals surface area contributed by atoms with Gasteiger partial charge in [0.2, 0.25) is 53.2 Å². The number of benzene rings is 2. The van der Waals surface area contributed by atoms with Crippen molar-refractivity contribution in [1.29, 1.82) is 0 Å². The number of urea groups is 1. The highest BCUT2D eigenvalue weighted by Gasteiger charge is 2.35. The number of aromatic amines is 1. The van der Waals surface area contributed by atoms with Crippen LogP contribution in [0.4, 0.5) is 4.79 Å². The number of nitrogens with two attached hydrogens (primary N) is 4. The second-order valence-electron chi connectivity index (χ2n) is 18.0. The summed E-state index contributed by atoms with van der Waals surface area (Å²) in [5.41, 5.74) is 24.2. The normalized spacial score (nSPS) is 20.0. The Morgan fingerprint density at radius 2 is 1.39 bits per heavy atom. The molecule has 18 N–H and O–H groups in total. The summed E-state index contributed by atoms with van der Waals surface area (Å²) >= 11 is 0. The predicted molar refractivity (Wildman–Crippen MR) is 274 cm³/mol. The van der Waals surface area contributed by atoms with Crippen molar-refractivity contribution in [2.45, 2.75) is 133 Å². The number of primary amides is 2. The predicted octanol–water partition coefficient (Wildman–Crippen LogP) is -2.16. The first-order valence-corrected chi connectivity index (χ1v) is 24.7. The number of guanidine groups is 1. The molecule has 25 nitrogen and oxygen atoms in total. The molecule has 2 aromatic carbocycles. The summed E-state index contributed by atoms with van der Waals surface area (Å²) in [4.78, 5) is 143. The van der Waals surface area contributed by atoms with E-state index in [4.69, 9.17) is 22.9 Å². The van der Waals surface area contributed by atoms with Crippen molar-refractivity contribution in [2.24, 2.45) is 27.9 Å². The highest BCUT2D eigenvalue weighted by atomic mass is 16.2. The van der Waals surface area contributed by atoms with E-state index in [1.807, 2.05) is 31.2 Å². The van der Waals surface area contributed by atoms with Crippen molar-refractivity contribution in [3.63, 3.8) is 0 Å². The van der Waals surface area contributed by atoms with Gasteiger partial charge in [-0.25, -0.2) is 4.79 Å². The molecule has 0 radical (unpaired) electrons. The lowest BCUT2D eigenvalue weighted by Gasteiger charge is -2.28. The van der Waals surface area contributed by atoms with Crippen LogP contribution in [0.1, 0.15) is 89.2 Å². The van der Waals surface area contributed by atoms with Gasteiger partial charge in [-0.2, -0.15) is 0 Å². The number of amides is 11. The maximum absolute atomic E-state index is 14.5. The number of para-hydroxylation sites is 1. The first kappa shape index (κ1) is 58.3. The lowest BCUT2D eigenvalue weighted by molar-refractivity contribution is -0.136. The number of hydrogen-bond acceptors (Lipinski definition) is 11. The number of nitrogens with zero attached hydrogens (tertiary/aromatic N) is 1. The average molecular weight is 1030 g/mol. The second-order valence-corrected chi connectivity index (χ2v) is 18.0. The molecule has 3 aromatic rings. The first-order chi connectivity index (χ1) is 35.3. The number of nitrogens with one attached hydrogen (secondary N) is 10. The number of H-pyrrole nitrogens is 1. The summed E-state index contributed by atoms with van der Waals surface area (Å²) in [7, 11) is 0. The molecule has 0 spiro atoms. The number of carbonyl (C=O) groups is 10. The maximum Gasteiger partial charge on any atom is 0.312 e. The van der Waals surface area contributed by atoms with Gasteiger partial charge < -0.3 is 75.8 Å². The third-order valence-electron chi connectivity index (χ3n) is 12.1. The molecule has 1 saturated heterocycles. The van der Waals surface area contributed by atoms with Gasteiger partial charge in [-0.15, -0.1) is 0 Å². The van der Waals surface area contributed by atoms with E-state index in [2.05, 4.69) is 57.8 Å². The number of rotatable bonds is 21. The minimum absolute atomic E-state index is 0.0119. The molecule has 0 saturated carbocycles. The van der Waals surface area contributed by atoms with Gasteiger partial charge in [-0.05, 0) is 62.1 Å². The topological polar surface area (TPSA) is 411 Å². The molecule has 4 rings (SSSR count). The van der Waals surface area contributed by atoms with E-state index < -0.39 is 101 Å². The van der Waals surface area contributed by atoms with Crippen LogP contribution in [0, 0.1) is 0 Å². The van der Waals surface area contributed by atoms with Crippen LogP contribution < -0.4 is 70.8 Å². The molecule has 7 atom stereocenters. The number of unbranched alkanes of at least 4 members (excludes halogenated alkanes) is 1. The molecule has 1 aliphatic rings. The molecule has 1 fully saturated rings. The lowest BCUT2D eigenvalue weighted by atomic mass is 10.0. The fourth-order valence-corrected chi connectivity index (χ4v) is 8.17. The van der Waals surface area contributed by atoms with Crippen LogP contribution in [-0.2, 0) is 56.0 Å². The zero-order chi connectivity index (χ0) is 54.2. The maximum atomic E-state index is 14.5. The molecule has 74 heavy (non-hydrogen) atoms. The Morgan fingerprint density at radius 3 is 2.07 bits per heavy atom. The van der Waals surface area contributed by atoms with Crippen LogP contribution >= 0.6 is 0 Å². The van der Waals surface area contributed by atoms with Crippen LogP contribution in [0.15, 0.2) is 65.8 Å². The Labute approximate surface area is 428 Å². The van der Waals surface area contributed by atoms with E-state index in [1.165, 1.54) is 6.92 Å². The summed E-state index contributed by atoms with van der Waals surface area (Å²) in [5.74, 6) is -7.27. The summed E-state index contributed by atoms with van der Waals surface area (Å²) < 4.78 is 0. The Morgan fingerprint density at radius 1 is 0.743 bits per heavy atom. The zero-order valence-corrected chi connectivity index (χ0v) is 41.8. The summed E-state index contributed by atoms with van der Waals surface area (Å²) in [5, 5.41) is 24.5. The van der Waals surface area contributed by atoms with Crippen LogP contribution in [0.5, 0.6) is 0 Å². The van der Waals surface area contributed by atoms with E-state index >= 15 is 0 Å². The monoisotopic (exact) mass is 1030 g/mol. The van der Waals surface area contributed by atoms with E-state index in [1.54, 1.807) is 36.5 Å². The third-order valence-corrected chi connectivity index (χ3v) is 12.1. The zero-order valence-electron chi connectivity index (χ0n) is 41.8. The second kappa shape index (κ2) is 29.9. The molecule has 1 aromatic heterocycles. The van der Waals surface area contributed by atoms with Gasteiger partial charge in [-0.3, -0.25) is 48.1 Å². The number of carbonyl (C=O) groups excluding carboxylic acids is 10. The lowest BCUT2D eigenvalue weighted by Crippen LogP contribution is -2.60. The van der Waals surface area contributed by atoms with E-state index in [9.17, 15) is 47.9 Å². The van der Waals surface area contributed by atoms with Crippen molar-refractivity contribution in [1.82, 2.24) is 52.8 Å². The molecule has 11 amide bonds. The van der Waals surface area contributed by atoms with Crippen LogP contribution in [0.3, 0.4) is 0 Å². The molecule has 1 unspecified atom stereocenters. The van der Waals surface area contributed by atoms with Crippen molar-refractivity contribution in [3.8, 4) is 0 Å². The van der Waals surface area contributed by atoms with Gasteiger partial charge in [0.1, 0.15) is 42.3 Å². The molecular formula is C49H71N15O10. The molecule has 402 valence electrons. The third kappa shape index (κ3) is 19.7. The molecular weight excluding hydrogens is 959 g/mol. The smallest absolute Gasteiger partial charge is 0.312 e. The number of fused-ring (bicyclic) bond motifs is 1. The van der Waals surface area contributed by atoms with Crippen LogP contribution in [0.25, 0.3) is 10.9 Å². The standard InChI is InChI=1S/C49H71N15O10/c1-3-4-15-33(58-28(2)65)42(68)61-36-19-20-40(66)54-24-21-37(46(72)63-38(41(50)67)26-30-27-57-32-16-9-8-14-31(30)32)62-43(69)34(17-10-22-55-48(51)52)60-47(73)39(25-29-12-6-5-7-13-29)64-44(70)35(59-45(36)71)18-11-23-56-49(53)74/h5-9,12-14,16,27,33-39,57H,3-4,10-11,15,17-26H2,1-2H3,(H2,50,67)(H,54,66)(H,58,65)(H,59,71)(H,60,73)(H,61,68)(H,62,69)(H,63,72)(H,64,70)(H4,51,52,55)(H3,53,56,74)/t33-,34-,35-,36-,37?,38-,39+/m0/s1. The fraction of sp³-hybridized carbons (Fsp3) is 0.490. The van der Waals surface area contributed by atoms with E-state index in [0.717, 1.165) is 10.9 Å². The average Bonchev–Trinajstić information content (AvgIpc) is 3.76. The summed E-state index contributed by atoms with van der Waals surface area (Å²) in [6.07, 6.45) is 2.05. The Hall–Kier alpha value is -8.25. The number of hydrogen-bond donors (Lipinski definition) is 14. The van der Waals surface area contributed by atoms with Crippen molar-refractivity contribution in [2.75, 3.05) is 19.6 Å². The van der Waals surface area contributed by atoms with E-state index in [0.29, 0.717) is 24.0 Å². The van der Waals surface area contributed by atoms with Gasteiger partial charge in [0.25, 0.3) is 0 Å². The van der Waals surface area contributed by atoms with Gasteiger partial charge >= 0.3 is 6.03 Å². The van der Waals surface area contributed by atoms with Crippen LogP contribution in [-0.4, -0.2) is 132 Å². The minimum Gasteiger partial charge on any atom is -0.370 e. The van der Waals surface area contributed by atoms with Gasteiger partial charge in [-0.1, -0.05) is 68.3 Å².